The van der Waals surface area contributed by atoms with E-state index in [0.29, 0.717) is 12.5 Å². The summed E-state index contributed by atoms with van der Waals surface area (Å²) in [5.74, 6) is 0.364. The van der Waals surface area contributed by atoms with E-state index in [1.807, 2.05) is 0 Å². The minimum absolute atomic E-state index is 0.364. The predicted octanol–water partition coefficient (Wildman–Crippen LogP) is 2.86. The van der Waals surface area contributed by atoms with E-state index in [1.165, 1.54) is 16.7 Å². The molecule has 1 aromatic rings. The molecule has 0 spiro atoms. The Bertz CT molecular complexity index is 421. The maximum atomic E-state index is 10.9. The van der Waals surface area contributed by atoms with E-state index in [0.717, 1.165) is 18.4 Å². The molecule has 2 nitrogen and oxygen atoms in total. The van der Waals surface area contributed by atoms with Crippen molar-refractivity contribution in [2.24, 2.45) is 5.92 Å². The van der Waals surface area contributed by atoms with E-state index < -0.39 is 5.60 Å². The fourth-order valence-corrected chi connectivity index (χ4v) is 2.62. The molecule has 1 atom stereocenters. The number of aliphatic hydroxyl groups is 1. The number of rotatable bonds is 4. The molecule has 0 aromatic heterocycles. The molecule has 1 aromatic carbocycles. The average molecular weight is 234 g/mol. The van der Waals surface area contributed by atoms with Crippen LogP contribution in [0.2, 0.25) is 0 Å². The Balaban J connectivity index is 2.45. The van der Waals surface area contributed by atoms with E-state index in [9.17, 15) is 5.11 Å². The van der Waals surface area contributed by atoms with Crippen LogP contribution in [0.4, 0.5) is 0 Å². The van der Waals surface area contributed by atoms with Gasteiger partial charge in [0, 0.05) is 7.11 Å². The third-order valence-electron chi connectivity index (χ3n) is 3.92. The van der Waals surface area contributed by atoms with Gasteiger partial charge in [-0.05, 0) is 61.8 Å². The predicted molar refractivity (Wildman–Crippen MR) is 69.1 cm³/mol. The molecule has 1 fully saturated rings. The van der Waals surface area contributed by atoms with Crippen LogP contribution in [0.15, 0.2) is 12.1 Å². The quantitative estimate of drug-likeness (QED) is 0.868. The fourth-order valence-electron chi connectivity index (χ4n) is 2.62. The van der Waals surface area contributed by atoms with Gasteiger partial charge in [-0.3, -0.25) is 0 Å². The van der Waals surface area contributed by atoms with Gasteiger partial charge >= 0.3 is 0 Å². The molecule has 94 valence electrons. The Kier molecular flexibility index (Phi) is 3.28. The molecule has 0 radical (unpaired) electrons. The summed E-state index contributed by atoms with van der Waals surface area (Å²) < 4.78 is 5.24. The van der Waals surface area contributed by atoms with Crippen molar-refractivity contribution < 1.29 is 9.84 Å². The Labute approximate surface area is 104 Å². The number of methoxy groups -OCH3 is 1. The lowest BCUT2D eigenvalue weighted by Crippen LogP contribution is -2.34. The molecular weight excluding hydrogens is 212 g/mol. The van der Waals surface area contributed by atoms with E-state index in [-0.39, 0.29) is 0 Å². The van der Waals surface area contributed by atoms with Crippen molar-refractivity contribution in [1.29, 1.82) is 0 Å². The van der Waals surface area contributed by atoms with E-state index in [1.54, 1.807) is 7.11 Å². The Morgan fingerprint density at radius 1 is 1.18 bits per heavy atom. The van der Waals surface area contributed by atoms with E-state index >= 15 is 0 Å². The van der Waals surface area contributed by atoms with Crippen LogP contribution in [-0.4, -0.2) is 18.8 Å². The SMILES string of the molecule is COCC(O)(c1cc(C)c(C)cc1C)C1CC1. The molecule has 2 heteroatoms. The van der Waals surface area contributed by atoms with Crippen LogP contribution in [0, 0.1) is 26.7 Å². The van der Waals surface area contributed by atoms with Crippen molar-refractivity contribution in [2.75, 3.05) is 13.7 Å². The lowest BCUT2D eigenvalue weighted by Gasteiger charge is -2.30. The summed E-state index contributed by atoms with van der Waals surface area (Å²) in [5, 5.41) is 10.9. The molecule has 1 aliphatic rings. The van der Waals surface area contributed by atoms with Gasteiger partial charge in [0.1, 0.15) is 5.60 Å². The molecule has 1 unspecified atom stereocenters. The van der Waals surface area contributed by atoms with Crippen molar-refractivity contribution in [3.8, 4) is 0 Å². The first-order valence-corrected chi connectivity index (χ1v) is 6.28. The highest BCUT2D eigenvalue weighted by Gasteiger charge is 2.45. The summed E-state index contributed by atoms with van der Waals surface area (Å²) in [6.07, 6.45) is 2.21. The zero-order chi connectivity index (χ0) is 12.6. The minimum Gasteiger partial charge on any atom is -0.382 e. The van der Waals surface area contributed by atoms with Crippen LogP contribution in [0.1, 0.15) is 35.1 Å². The van der Waals surface area contributed by atoms with E-state index in [4.69, 9.17) is 4.74 Å². The van der Waals surface area contributed by atoms with Gasteiger partial charge in [0.2, 0.25) is 0 Å². The summed E-state index contributed by atoms with van der Waals surface area (Å²) >= 11 is 0. The number of ether oxygens (including phenoxy) is 1. The van der Waals surface area contributed by atoms with Gasteiger partial charge < -0.3 is 9.84 Å². The van der Waals surface area contributed by atoms with Crippen LogP contribution >= 0.6 is 0 Å². The Morgan fingerprint density at radius 3 is 2.29 bits per heavy atom. The lowest BCUT2D eigenvalue weighted by atomic mass is 9.84. The number of aryl methyl sites for hydroxylation is 3. The minimum atomic E-state index is -0.794. The highest BCUT2D eigenvalue weighted by molar-refractivity contribution is 5.40. The van der Waals surface area contributed by atoms with Gasteiger partial charge in [0.05, 0.1) is 6.61 Å². The number of benzene rings is 1. The molecule has 1 aliphatic carbocycles. The van der Waals surface area contributed by atoms with Gasteiger partial charge in [-0.2, -0.15) is 0 Å². The lowest BCUT2D eigenvalue weighted by molar-refractivity contribution is -0.0537. The van der Waals surface area contributed by atoms with Crippen LogP contribution in [0.3, 0.4) is 0 Å². The first-order chi connectivity index (χ1) is 7.99. The van der Waals surface area contributed by atoms with Crippen LogP contribution in [0.25, 0.3) is 0 Å². The van der Waals surface area contributed by atoms with Crippen molar-refractivity contribution in [1.82, 2.24) is 0 Å². The molecule has 1 saturated carbocycles. The molecule has 0 aliphatic heterocycles. The summed E-state index contributed by atoms with van der Waals surface area (Å²) in [6, 6.07) is 4.29. The summed E-state index contributed by atoms with van der Waals surface area (Å²) in [4.78, 5) is 0. The first kappa shape index (κ1) is 12.6. The van der Waals surface area contributed by atoms with E-state index in [2.05, 4.69) is 32.9 Å². The smallest absolute Gasteiger partial charge is 0.116 e. The topological polar surface area (TPSA) is 29.5 Å². The van der Waals surface area contributed by atoms with Gasteiger partial charge in [0.25, 0.3) is 0 Å². The standard InChI is InChI=1S/C15H22O2/c1-10-7-12(3)14(8-11(10)2)15(16,9-17-4)13-5-6-13/h7-8,13,16H,5-6,9H2,1-4H3. The maximum absolute atomic E-state index is 10.9. The molecule has 0 saturated heterocycles. The second-order valence-corrected chi connectivity index (χ2v) is 5.38. The van der Waals surface area contributed by atoms with Gasteiger partial charge in [0.15, 0.2) is 0 Å². The van der Waals surface area contributed by atoms with Gasteiger partial charge in [-0.15, -0.1) is 0 Å². The van der Waals surface area contributed by atoms with Gasteiger partial charge in [-0.1, -0.05) is 12.1 Å². The van der Waals surface area contributed by atoms with Crippen molar-refractivity contribution in [3.63, 3.8) is 0 Å². The third-order valence-corrected chi connectivity index (χ3v) is 3.92. The van der Waals surface area contributed by atoms with Crippen molar-refractivity contribution in [3.05, 3.63) is 34.4 Å². The molecule has 0 heterocycles. The Morgan fingerprint density at radius 2 is 1.76 bits per heavy atom. The van der Waals surface area contributed by atoms with Gasteiger partial charge in [-0.25, -0.2) is 0 Å². The number of hydrogen-bond acceptors (Lipinski definition) is 2. The van der Waals surface area contributed by atoms with Crippen LogP contribution in [-0.2, 0) is 10.3 Å². The maximum Gasteiger partial charge on any atom is 0.116 e. The molecule has 17 heavy (non-hydrogen) atoms. The molecule has 0 amide bonds. The second-order valence-electron chi connectivity index (χ2n) is 5.38. The second kappa shape index (κ2) is 4.43. The molecular formula is C15H22O2. The third kappa shape index (κ3) is 2.24. The first-order valence-electron chi connectivity index (χ1n) is 6.28. The molecule has 0 bridgehead atoms. The zero-order valence-corrected chi connectivity index (χ0v) is 11.2. The number of hydrogen-bond donors (Lipinski definition) is 1. The van der Waals surface area contributed by atoms with Crippen molar-refractivity contribution in [2.45, 2.75) is 39.2 Å². The highest BCUT2D eigenvalue weighted by Crippen LogP contribution is 2.47. The van der Waals surface area contributed by atoms with Crippen LogP contribution in [0.5, 0.6) is 0 Å². The fraction of sp³-hybridized carbons (Fsp3) is 0.600. The summed E-state index contributed by atoms with van der Waals surface area (Å²) in [5.41, 5.74) is 3.93. The Hall–Kier alpha value is -0.860. The monoisotopic (exact) mass is 234 g/mol. The highest BCUT2D eigenvalue weighted by atomic mass is 16.5. The molecule has 2 rings (SSSR count). The summed E-state index contributed by atoms with van der Waals surface area (Å²) in [6.45, 7) is 6.67. The molecule has 1 N–H and O–H groups in total. The normalized spacial score (nSPS) is 19.1. The summed E-state index contributed by atoms with van der Waals surface area (Å²) in [7, 11) is 1.66. The largest absolute Gasteiger partial charge is 0.382 e. The van der Waals surface area contributed by atoms with Crippen molar-refractivity contribution >= 4 is 0 Å². The van der Waals surface area contributed by atoms with Crippen LogP contribution < -0.4 is 0 Å². The average Bonchev–Trinajstić information content (AvgIpc) is 3.07. The zero-order valence-electron chi connectivity index (χ0n) is 11.2.